The van der Waals surface area contributed by atoms with Gasteiger partial charge in [0.05, 0.1) is 7.11 Å². The molecule has 1 N–H and O–H groups in total. The number of anilines is 1. The van der Waals surface area contributed by atoms with Crippen molar-refractivity contribution in [1.82, 2.24) is 0 Å². The number of carbonyl (C=O) groups is 2. The molecule has 1 amide bonds. The molecule has 2 atom stereocenters. The fourth-order valence-electron chi connectivity index (χ4n) is 1.98. The molecule has 1 aromatic rings. The van der Waals surface area contributed by atoms with Gasteiger partial charge in [0, 0.05) is 18.9 Å². The van der Waals surface area contributed by atoms with Gasteiger partial charge >= 0.3 is 5.97 Å². The number of carboxylic acids is 1. The van der Waals surface area contributed by atoms with E-state index in [1.165, 1.54) is 19.1 Å². The van der Waals surface area contributed by atoms with Gasteiger partial charge < -0.3 is 14.6 Å². The summed E-state index contributed by atoms with van der Waals surface area (Å²) in [6, 6.07) is 5.69. The van der Waals surface area contributed by atoms with Gasteiger partial charge in [0.1, 0.15) is 5.75 Å². The van der Waals surface area contributed by atoms with Crippen LogP contribution in [0.2, 0.25) is 0 Å². The predicted molar refractivity (Wildman–Crippen MR) is 62.7 cm³/mol. The SMILES string of the molecule is COc1cccc(N2C(=O)[C@H](OC)[C@H]2C(=O)O)c1. The van der Waals surface area contributed by atoms with Crippen LogP contribution >= 0.6 is 0 Å². The van der Waals surface area contributed by atoms with Crippen molar-refractivity contribution in [2.24, 2.45) is 0 Å². The van der Waals surface area contributed by atoms with Crippen LogP contribution in [0.1, 0.15) is 0 Å². The van der Waals surface area contributed by atoms with Gasteiger partial charge in [0.15, 0.2) is 12.1 Å². The van der Waals surface area contributed by atoms with Crippen LogP contribution in [0.3, 0.4) is 0 Å². The lowest BCUT2D eigenvalue weighted by Crippen LogP contribution is -2.69. The number of β-lactam (4-membered cyclic amide) rings is 1. The number of amides is 1. The van der Waals surface area contributed by atoms with Crippen molar-refractivity contribution in [3.8, 4) is 5.75 Å². The maximum atomic E-state index is 11.8. The zero-order chi connectivity index (χ0) is 13.3. The Hall–Kier alpha value is -2.08. The molecule has 1 fully saturated rings. The van der Waals surface area contributed by atoms with Gasteiger partial charge in [0.25, 0.3) is 5.91 Å². The molecule has 0 aliphatic carbocycles. The van der Waals surface area contributed by atoms with E-state index in [4.69, 9.17) is 14.6 Å². The quantitative estimate of drug-likeness (QED) is 0.789. The number of nitrogens with zero attached hydrogens (tertiary/aromatic N) is 1. The van der Waals surface area contributed by atoms with E-state index in [9.17, 15) is 9.59 Å². The largest absolute Gasteiger partial charge is 0.497 e. The van der Waals surface area contributed by atoms with Crippen LogP contribution in [0.25, 0.3) is 0 Å². The minimum absolute atomic E-state index is 0.363. The third-order valence-electron chi connectivity index (χ3n) is 2.88. The molecule has 2 rings (SSSR count). The molecule has 96 valence electrons. The molecule has 1 aliphatic heterocycles. The van der Waals surface area contributed by atoms with Gasteiger partial charge in [-0.3, -0.25) is 9.69 Å². The van der Waals surface area contributed by atoms with Crippen LogP contribution in [0, 0.1) is 0 Å². The minimum atomic E-state index is -1.09. The van der Waals surface area contributed by atoms with Crippen LogP contribution in [0.4, 0.5) is 5.69 Å². The summed E-state index contributed by atoms with van der Waals surface area (Å²) < 4.78 is 9.92. The molecule has 0 spiro atoms. The molecule has 6 heteroatoms. The van der Waals surface area contributed by atoms with E-state index in [1.807, 2.05) is 0 Å². The third kappa shape index (κ3) is 1.80. The summed E-state index contributed by atoms with van der Waals surface area (Å²) in [6.07, 6.45) is -0.922. The second-order valence-corrected chi connectivity index (χ2v) is 3.85. The molecule has 18 heavy (non-hydrogen) atoms. The summed E-state index contributed by atoms with van der Waals surface area (Å²) in [5, 5.41) is 9.11. The summed E-state index contributed by atoms with van der Waals surface area (Å²) in [5.41, 5.74) is 0.486. The highest BCUT2D eigenvalue weighted by atomic mass is 16.5. The molecule has 0 unspecified atom stereocenters. The van der Waals surface area contributed by atoms with Crippen molar-refractivity contribution >= 4 is 17.6 Å². The zero-order valence-corrected chi connectivity index (χ0v) is 9.99. The van der Waals surface area contributed by atoms with Crippen LogP contribution < -0.4 is 9.64 Å². The Morgan fingerprint density at radius 3 is 2.67 bits per heavy atom. The topological polar surface area (TPSA) is 76.1 Å². The van der Waals surface area contributed by atoms with Crippen LogP contribution in [0.15, 0.2) is 24.3 Å². The van der Waals surface area contributed by atoms with E-state index in [-0.39, 0.29) is 5.91 Å². The first kappa shape index (κ1) is 12.4. The van der Waals surface area contributed by atoms with Gasteiger partial charge in [-0.25, -0.2) is 4.79 Å². The molecule has 1 heterocycles. The van der Waals surface area contributed by atoms with Gasteiger partial charge in [-0.05, 0) is 12.1 Å². The highest BCUT2D eigenvalue weighted by Gasteiger charge is 2.53. The van der Waals surface area contributed by atoms with E-state index in [2.05, 4.69) is 0 Å². The number of methoxy groups -OCH3 is 2. The van der Waals surface area contributed by atoms with Crippen LogP contribution in [0.5, 0.6) is 5.75 Å². The maximum absolute atomic E-state index is 11.8. The predicted octanol–water partition coefficient (Wildman–Crippen LogP) is 0.510. The first-order chi connectivity index (χ1) is 8.60. The van der Waals surface area contributed by atoms with Gasteiger partial charge in [0.2, 0.25) is 0 Å². The highest BCUT2D eigenvalue weighted by molar-refractivity contribution is 6.12. The van der Waals surface area contributed by atoms with Gasteiger partial charge in [-0.2, -0.15) is 0 Å². The molecule has 0 saturated carbocycles. The zero-order valence-electron chi connectivity index (χ0n) is 9.99. The van der Waals surface area contributed by atoms with Crippen molar-refractivity contribution in [3.05, 3.63) is 24.3 Å². The molecule has 1 aliphatic rings. The number of carbonyl (C=O) groups excluding carboxylic acids is 1. The Morgan fingerprint density at radius 1 is 1.39 bits per heavy atom. The Labute approximate surface area is 104 Å². The fraction of sp³-hybridized carbons (Fsp3) is 0.333. The Morgan fingerprint density at radius 2 is 2.11 bits per heavy atom. The second-order valence-electron chi connectivity index (χ2n) is 3.85. The number of aliphatic carboxylic acids is 1. The van der Waals surface area contributed by atoms with Crippen molar-refractivity contribution < 1.29 is 24.2 Å². The first-order valence-corrected chi connectivity index (χ1v) is 5.33. The number of hydrogen-bond donors (Lipinski definition) is 1. The van der Waals surface area contributed by atoms with E-state index in [1.54, 1.807) is 24.3 Å². The van der Waals surface area contributed by atoms with E-state index < -0.39 is 18.1 Å². The molecular formula is C12H13NO5. The standard InChI is InChI=1S/C12H13NO5/c1-17-8-5-3-4-7(6-8)13-9(12(15)16)10(18-2)11(13)14/h3-6,9-10H,1-2H3,(H,15,16)/t9-,10+/m0/s1. The molecule has 6 nitrogen and oxygen atoms in total. The molecule has 0 bridgehead atoms. The lowest BCUT2D eigenvalue weighted by atomic mass is 9.96. The summed E-state index contributed by atoms with van der Waals surface area (Å²) in [4.78, 5) is 24.1. The van der Waals surface area contributed by atoms with Crippen molar-refractivity contribution in [3.63, 3.8) is 0 Å². The highest BCUT2D eigenvalue weighted by Crippen LogP contribution is 2.32. The summed E-state index contributed by atoms with van der Waals surface area (Å²) in [5.74, 6) is -0.896. The number of hydrogen-bond acceptors (Lipinski definition) is 4. The second kappa shape index (κ2) is 4.66. The molecule has 0 radical (unpaired) electrons. The molecule has 1 aromatic carbocycles. The first-order valence-electron chi connectivity index (χ1n) is 5.33. The molecular weight excluding hydrogens is 238 g/mol. The van der Waals surface area contributed by atoms with E-state index in [0.717, 1.165) is 0 Å². The van der Waals surface area contributed by atoms with Crippen LogP contribution in [-0.2, 0) is 14.3 Å². The number of benzene rings is 1. The van der Waals surface area contributed by atoms with Crippen molar-refractivity contribution in [2.75, 3.05) is 19.1 Å². The monoisotopic (exact) mass is 251 g/mol. The van der Waals surface area contributed by atoms with Gasteiger partial charge in [-0.1, -0.05) is 6.07 Å². The average Bonchev–Trinajstić information content (AvgIpc) is 2.36. The fourth-order valence-corrected chi connectivity index (χ4v) is 1.98. The van der Waals surface area contributed by atoms with E-state index >= 15 is 0 Å². The Kier molecular flexibility index (Phi) is 3.20. The maximum Gasteiger partial charge on any atom is 0.330 e. The smallest absolute Gasteiger partial charge is 0.330 e. The molecule has 1 saturated heterocycles. The molecule has 0 aromatic heterocycles. The normalized spacial score (nSPS) is 22.6. The van der Waals surface area contributed by atoms with E-state index in [0.29, 0.717) is 11.4 Å². The minimum Gasteiger partial charge on any atom is -0.497 e. The van der Waals surface area contributed by atoms with Crippen molar-refractivity contribution in [2.45, 2.75) is 12.1 Å². The Bertz CT molecular complexity index is 487. The summed E-state index contributed by atoms with van der Waals surface area (Å²) in [6.45, 7) is 0. The van der Waals surface area contributed by atoms with Crippen molar-refractivity contribution in [1.29, 1.82) is 0 Å². The average molecular weight is 251 g/mol. The van der Waals surface area contributed by atoms with Gasteiger partial charge in [-0.15, -0.1) is 0 Å². The number of carboxylic acid groups (broad SMARTS) is 1. The third-order valence-corrected chi connectivity index (χ3v) is 2.88. The Balaban J connectivity index is 2.31. The number of rotatable bonds is 4. The lowest BCUT2D eigenvalue weighted by molar-refractivity contribution is -0.155. The van der Waals surface area contributed by atoms with Crippen LogP contribution in [-0.4, -0.2) is 43.3 Å². The lowest BCUT2D eigenvalue weighted by Gasteiger charge is -2.43. The number of ether oxygens (including phenoxy) is 2. The summed E-state index contributed by atoms with van der Waals surface area (Å²) >= 11 is 0. The summed E-state index contributed by atoms with van der Waals surface area (Å²) in [7, 11) is 2.82.